The molecular formula is C28H48N3O9PSi. The zero-order valence-electron chi connectivity index (χ0n) is 26.7. The Balaban J connectivity index is 1.47. The Bertz CT molecular complexity index is 1300. The summed E-state index contributed by atoms with van der Waals surface area (Å²) in [5, 5.41) is 11.8. The minimum Gasteiger partial charge on any atom is -0.394 e. The van der Waals surface area contributed by atoms with Crippen LogP contribution < -0.4 is 11.2 Å². The molecule has 0 saturated carbocycles. The summed E-state index contributed by atoms with van der Waals surface area (Å²) in [5.41, 5.74) is -2.21. The number of rotatable bonds is 6. The monoisotopic (exact) mass is 629 g/mol. The second-order valence-electron chi connectivity index (χ2n) is 14.6. The van der Waals surface area contributed by atoms with Crippen LogP contribution in [-0.4, -0.2) is 87.8 Å². The lowest BCUT2D eigenvalue weighted by molar-refractivity contribution is -0.229. The summed E-state index contributed by atoms with van der Waals surface area (Å²) in [6, 6.07) is 0.0781. The molecule has 9 atom stereocenters. The molecule has 14 heteroatoms. The third-order valence-corrected chi connectivity index (χ3v) is 17.5. The van der Waals surface area contributed by atoms with Crippen LogP contribution in [0.1, 0.15) is 73.6 Å². The first kappa shape index (κ1) is 32.4. The van der Waals surface area contributed by atoms with E-state index in [2.05, 4.69) is 57.4 Å². The molecule has 0 aliphatic carbocycles. The van der Waals surface area contributed by atoms with Gasteiger partial charge >= 0.3 is 5.69 Å². The number of hydrogen-bond acceptors (Lipinski definition) is 10. The number of aromatic amines is 1. The molecule has 42 heavy (non-hydrogen) atoms. The molecule has 4 fully saturated rings. The molecule has 0 spiro atoms. The predicted molar refractivity (Wildman–Crippen MR) is 160 cm³/mol. The molecule has 0 radical (unpaired) electrons. The van der Waals surface area contributed by atoms with Gasteiger partial charge in [-0.25, -0.2) is 9.46 Å². The molecule has 2 N–H and O–H groups in total. The Hall–Kier alpha value is -0.993. The highest BCUT2D eigenvalue weighted by molar-refractivity contribution is 7.44. The molecule has 4 aliphatic heterocycles. The lowest BCUT2D eigenvalue weighted by Crippen LogP contribution is -2.58. The van der Waals surface area contributed by atoms with Gasteiger partial charge in [-0.1, -0.05) is 33.9 Å². The summed E-state index contributed by atoms with van der Waals surface area (Å²) < 4.78 is 42.3. The van der Waals surface area contributed by atoms with E-state index < -0.39 is 75.8 Å². The third kappa shape index (κ3) is 5.52. The van der Waals surface area contributed by atoms with Crippen molar-refractivity contribution < 1.29 is 33.1 Å². The van der Waals surface area contributed by atoms with Gasteiger partial charge in [0.2, 0.25) is 0 Å². The first-order valence-electron chi connectivity index (χ1n) is 14.8. The van der Waals surface area contributed by atoms with Gasteiger partial charge in [0.05, 0.1) is 19.9 Å². The Kier molecular flexibility index (Phi) is 8.35. The SMILES string of the molecule is Cc1cn([C@H]2C[C@H](OP3O[C@@]4(C)[C@@H](CN3C(C)C)O[C@@H]3OC(C)(C)O[C@@H]34)[C@@H](C(O)[Si](C)(C)C(C)(C)C)O2)c(=O)[nH]c1=O. The molecule has 12 nitrogen and oxygen atoms in total. The van der Waals surface area contributed by atoms with Gasteiger partial charge in [0.15, 0.2) is 12.1 Å². The normalized spacial score (nSPS) is 37.7. The van der Waals surface area contributed by atoms with E-state index in [1.807, 2.05) is 20.8 Å². The van der Waals surface area contributed by atoms with E-state index in [1.165, 1.54) is 10.8 Å². The summed E-state index contributed by atoms with van der Waals surface area (Å²) in [6.07, 6.45) is -1.47. The van der Waals surface area contributed by atoms with Gasteiger partial charge in [0, 0.05) is 30.8 Å². The van der Waals surface area contributed by atoms with Crippen LogP contribution in [0.3, 0.4) is 0 Å². The van der Waals surface area contributed by atoms with Crippen molar-refractivity contribution in [3.05, 3.63) is 32.6 Å². The Morgan fingerprint density at radius 3 is 2.45 bits per heavy atom. The molecule has 5 heterocycles. The van der Waals surface area contributed by atoms with Crippen molar-refractivity contribution in [2.24, 2.45) is 0 Å². The lowest BCUT2D eigenvalue weighted by atomic mass is 9.94. The molecule has 0 aromatic carbocycles. The van der Waals surface area contributed by atoms with Gasteiger partial charge in [0.1, 0.15) is 30.1 Å². The van der Waals surface area contributed by atoms with Crippen LogP contribution in [0.25, 0.3) is 0 Å². The Morgan fingerprint density at radius 1 is 1.17 bits per heavy atom. The van der Waals surface area contributed by atoms with Crippen molar-refractivity contribution in [1.29, 1.82) is 0 Å². The predicted octanol–water partition coefficient (Wildman–Crippen LogP) is 3.53. The molecule has 1 aromatic heterocycles. The van der Waals surface area contributed by atoms with Crippen molar-refractivity contribution in [1.82, 2.24) is 14.2 Å². The standard InChI is InChI=1S/C28H48N3O9PSi/c1-15(2)31-14-18-28(9,21-24(35-18)38-27(7,8)37-21)40-41(31)39-17-12-19(30-13-16(3)22(32)29-25(30)34)36-20(17)23(33)42(10,11)26(4,5)6/h13,15,17-21,23-24,33H,12,14H2,1-11H3,(H,29,32,34)/t17-,18+,19+,20-,21-,23?,24+,28-,41?/m0/s1. The van der Waals surface area contributed by atoms with Gasteiger partial charge in [0.25, 0.3) is 14.1 Å². The van der Waals surface area contributed by atoms with Gasteiger partial charge in [-0.15, -0.1) is 0 Å². The van der Waals surface area contributed by atoms with Crippen molar-refractivity contribution in [2.45, 2.75) is 147 Å². The zero-order chi connectivity index (χ0) is 31.2. The van der Waals surface area contributed by atoms with Crippen LogP contribution in [0.2, 0.25) is 18.1 Å². The van der Waals surface area contributed by atoms with Crippen molar-refractivity contribution in [2.75, 3.05) is 6.54 Å². The van der Waals surface area contributed by atoms with Gasteiger partial charge < -0.3 is 33.1 Å². The number of nitrogens with zero attached hydrogens (tertiary/aromatic N) is 2. The smallest absolute Gasteiger partial charge is 0.330 e. The van der Waals surface area contributed by atoms with Crippen LogP contribution in [-0.2, 0) is 28.0 Å². The molecule has 4 aliphatic rings. The highest BCUT2D eigenvalue weighted by Crippen LogP contribution is 2.60. The number of aryl methyl sites for hydroxylation is 1. The Labute approximate surface area is 249 Å². The molecule has 4 saturated heterocycles. The summed E-state index contributed by atoms with van der Waals surface area (Å²) >= 11 is 0. The van der Waals surface area contributed by atoms with Crippen LogP contribution in [0.15, 0.2) is 15.8 Å². The van der Waals surface area contributed by atoms with Gasteiger partial charge in [-0.2, -0.15) is 0 Å². The van der Waals surface area contributed by atoms with Gasteiger partial charge in [-0.05, 0) is 46.6 Å². The lowest BCUT2D eigenvalue weighted by Gasteiger charge is -2.48. The maximum absolute atomic E-state index is 12.8. The highest BCUT2D eigenvalue weighted by Gasteiger charge is 2.66. The zero-order valence-corrected chi connectivity index (χ0v) is 28.6. The third-order valence-electron chi connectivity index (χ3n) is 9.77. The maximum atomic E-state index is 12.8. The largest absolute Gasteiger partial charge is 0.394 e. The molecule has 0 bridgehead atoms. The van der Waals surface area contributed by atoms with Crippen molar-refractivity contribution in [3.8, 4) is 0 Å². The summed E-state index contributed by atoms with van der Waals surface area (Å²) in [7, 11) is -4.00. The second kappa shape index (κ2) is 10.8. The summed E-state index contributed by atoms with van der Waals surface area (Å²) in [4.78, 5) is 27.3. The van der Waals surface area contributed by atoms with E-state index in [9.17, 15) is 14.7 Å². The number of hydrogen-bond donors (Lipinski definition) is 2. The molecule has 0 amide bonds. The average Bonchev–Trinajstić information content (AvgIpc) is 3.48. The number of aromatic nitrogens is 2. The van der Waals surface area contributed by atoms with E-state index in [0.29, 0.717) is 18.5 Å². The van der Waals surface area contributed by atoms with Crippen LogP contribution >= 0.6 is 8.53 Å². The number of aliphatic hydroxyl groups is 1. The number of H-pyrrole nitrogens is 1. The van der Waals surface area contributed by atoms with E-state index in [-0.39, 0.29) is 17.2 Å². The number of aliphatic hydroxyl groups excluding tert-OH is 1. The quantitative estimate of drug-likeness (QED) is 0.356. The fourth-order valence-electron chi connectivity index (χ4n) is 5.96. The fourth-order valence-corrected chi connectivity index (χ4v) is 9.88. The first-order chi connectivity index (χ1) is 19.2. The summed E-state index contributed by atoms with van der Waals surface area (Å²) in [6.45, 7) is 22.8. The van der Waals surface area contributed by atoms with E-state index in [1.54, 1.807) is 6.92 Å². The number of nitrogens with one attached hydrogen (secondary N) is 1. The minimum absolute atomic E-state index is 0.0781. The number of ether oxygens (including phenoxy) is 4. The molecule has 1 aromatic rings. The minimum atomic E-state index is -2.35. The maximum Gasteiger partial charge on any atom is 0.330 e. The first-order valence-corrected chi connectivity index (χ1v) is 19.1. The van der Waals surface area contributed by atoms with Gasteiger partial charge in [-0.3, -0.25) is 14.3 Å². The van der Waals surface area contributed by atoms with Crippen LogP contribution in [0.5, 0.6) is 0 Å². The van der Waals surface area contributed by atoms with E-state index >= 15 is 0 Å². The number of fused-ring (bicyclic) bond motifs is 3. The molecule has 238 valence electrons. The fraction of sp³-hybridized carbons (Fsp3) is 0.857. The highest BCUT2D eigenvalue weighted by atomic mass is 31.2. The van der Waals surface area contributed by atoms with Crippen LogP contribution in [0, 0.1) is 6.92 Å². The van der Waals surface area contributed by atoms with Crippen LogP contribution in [0.4, 0.5) is 0 Å². The van der Waals surface area contributed by atoms with E-state index in [4.69, 9.17) is 28.0 Å². The molecule has 5 rings (SSSR count). The molecular weight excluding hydrogens is 581 g/mol. The second-order valence-corrected chi connectivity index (χ2v) is 21.5. The topological polar surface area (TPSA) is 134 Å². The average molecular weight is 630 g/mol. The Morgan fingerprint density at radius 2 is 1.83 bits per heavy atom. The summed E-state index contributed by atoms with van der Waals surface area (Å²) in [5.74, 6) is -0.793. The van der Waals surface area contributed by atoms with Crippen molar-refractivity contribution in [3.63, 3.8) is 0 Å². The van der Waals surface area contributed by atoms with E-state index in [0.717, 1.165) is 0 Å². The van der Waals surface area contributed by atoms with Crippen molar-refractivity contribution >= 4 is 16.6 Å². The molecule has 2 unspecified atom stereocenters.